The van der Waals surface area contributed by atoms with E-state index in [1.807, 2.05) is 128 Å². The van der Waals surface area contributed by atoms with E-state index in [1.54, 1.807) is 0 Å². The summed E-state index contributed by atoms with van der Waals surface area (Å²) in [7, 11) is 0. The molecule has 2 aliphatic heterocycles. The van der Waals surface area contributed by atoms with E-state index in [0.29, 0.717) is 38.4 Å². The van der Waals surface area contributed by atoms with Gasteiger partial charge in [-0.15, -0.1) is 45.3 Å². The lowest BCUT2D eigenvalue weighted by Crippen LogP contribution is -2.28. The largest absolute Gasteiger partial charge is 0.303 e. The fraction of sp³-hybridized carbons (Fsp3) is 0.125. The van der Waals surface area contributed by atoms with Crippen molar-refractivity contribution in [2.24, 2.45) is 20.4 Å². The Morgan fingerprint density at radius 1 is 0.561 bits per heavy atom. The average Bonchev–Trinajstić information content (AvgIpc) is 4.23. The molecule has 10 rings (SSSR count). The van der Waals surface area contributed by atoms with Gasteiger partial charge in [0.15, 0.2) is 11.4 Å². The van der Waals surface area contributed by atoms with Gasteiger partial charge in [-0.25, -0.2) is 19.9 Å². The molecule has 0 saturated carbocycles. The molecule has 0 atom stereocenters. The maximum absolute atomic E-state index is 13.9. The van der Waals surface area contributed by atoms with Crippen molar-refractivity contribution in [2.45, 2.75) is 40.0 Å². The first-order valence-electron chi connectivity index (χ1n) is 20.9. The number of amides is 2. The summed E-state index contributed by atoms with van der Waals surface area (Å²) >= 11 is 5.69. The molecule has 8 aromatic rings. The van der Waals surface area contributed by atoms with E-state index < -0.39 is 0 Å². The van der Waals surface area contributed by atoms with Crippen molar-refractivity contribution in [1.29, 1.82) is 0 Å². The highest BCUT2D eigenvalue weighted by atomic mass is 32.1. The van der Waals surface area contributed by atoms with Gasteiger partial charge in [-0.1, -0.05) is 122 Å². The summed E-state index contributed by atoms with van der Waals surface area (Å²) < 4.78 is 0. The van der Waals surface area contributed by atoms with E-state index >= 15 is 0 Å². The molecule has 4 aromatic heterocycles. The van der Waals surface area contributed by atoms with Gasteiger partial charge < -0.3 is 0 Å². The molecule has 0 spiro atoms. The summed E-state index contributed by atoms with van der Waals surface area (Å²) in [5.41, 5.74) is 15.3. The molecule has 66 heavy (non-hydrogen) atoms. The summed E-state index contributed by atoms with van der Waals surface area (Å²) in [6.45, 7) is 6.09. The molecular weight excluding hydrogens is 905 g/mol. The molecule has 0 saturated heterocycles. The first kappa shape index (κ1) is 42.6. The number of hydrazone groups is 4. The van der Waals surface area contributed by atoms with Crippen molar-refractivity contribution < 1.29 is 9.59 Å². The molecule has 0 unspecified atom stereocenters. The third-order valence-electron chi connectivity index (χ3n) is 10.7. The number of carbonyl (C=O) groups is 2. The number of benzene rings is 4. The van der Waals surface area contributed by atoms with Gasteiger partial charge in [0, 0.05) is 42.8 Å². The number of hydrogen-bond donors (Lipinski definition) is 2. The van der Waals surface area contributed by atoms with Crippen molar-refractivity contribution in [3.05, 3.63) is 164 Å². The molecule has 0 aliphatic carbocycles. The van der Waals surface area contributed by atoms with Crippen LogP contribution >= 0.6 is 45.3 Å². The Hall–Kier alpha value is -7.38. The summed E-state index contributed by atoms with van der Waals surface area (Å²) in [5.74, 6) is -0.755. The Balaban J connectivity index is 0.804. The predicted octanol–water partition coefficient (Wildman–Crippen LogP) is 10.2. The number of carbonyl (C=O) groups excluding carboxylic acids is 2. The van der Waals surface area contributed by atoms with E-state index in [0.717, 1.165) is 73.2 Å². The number of thiazole rings is 4. The summed E-state index contributed by atoms with van der Waals surface area (Å²) in [4.78, 5) is 49.0. The summed E-state index contributed by atoms with van der Waals surface area (Å²) in [5, 5.41) is 27.1. The van der Waals surface area contributed by atoms with Crippen LogP contribution in [0.4, 0.5) is 20.5 Å². The number of aryl methyl sites for hydroxylation is 5. The lowest BCUT2D eigenvalue weighted by atomic mass is 10.0. The number of hydrogen-bond acceptors (Lipinski definition) is 16. The maximum Gasteiger partial charge on any atom is 0.303 e. The number of rotatable bonds is 14. The van der Waals surface area contributed by atoms with Crippen molar-refractivity contribution in [2.75, 3.05) is 20.9 Å². The quantitative estimate of drug-likeness (QED) is 0.102. The second-order valence-corrected chi connectivity index (χ2v) is 19.0. The Morgan fingerprint density at radius 2 is 1.05 bits per heavy atom. The van der Waals surface area contributed by atoms with Crippen LogP contribution in [-0.2, 0) is 28.9 Å². The minimum Gasteiger partial charge on any atom is -0.265 e. The fourth-order valence-electron chi connectivity index (χ4n) is 7.25. The average molecular weight is 943 g/mol. The van der Waals surface area contributed by atoms with E-state index in [2.05, 4.69) is 45.1 Å². The topological polar surface area (TPSA) is 166 Å². The minimum absolute atomic E-state index is 0.176. The van der Waals surface area contributed by atoms with E-state index in [1.165, 1.54) is 55.4 Å². The predicted molar refractivity (Wildman–Crippen MR) is 269 cm³/mol. The summed E-state index contributed by atoms with van der Waals surface area (Å²) in [6, 6.07) is 37.1. The highest BCUT2D eigenvalue weighted by molar-refractivity contribution is 7.16. The van der Waals surface area contributed by atoms with Crippen LogP contribution in [0.15, 0.2) is 146 Å². The first-order valence-corrected chi connectivity index (χ1v) is 24.3. The van der Waals surface area contributed by atoms with Crippen molar-refractivity contribution in [1.82, 2.24) is 19.9 Å². The van der Waals surface area contributed by atoms with Crippen LogP contribution in [0.5, 0.6) is 0 Å². The Bertz CT molecular complexity index is 3210. The third-order valence-corrected chi connectivity index (χ3v) is 14.4. The zero-order valence-corrected chi connectivity index (χ0v) is 38.9. The standard InChI is InChI=1S/C48H38N12O2S4/c1-4-38-28(2)49-45(66-38)55-53-41-39(33-16-10-6-11-17-33)57-60(43(41)61)48-52-37(27-64-48)32-23-20-30(21-24-32)22-25-35-29(3)65-46(50-35)56-54-42-40(34-18-12-7-13-19-34)58-59(44(42)62)47-51-36(26-63-47)31-14-8-5-9-15-31/h5-21,23-24,26-27H,4,22,25H2,1-3H3,(H,49,55)(H,50,56)/b53-41-,54-42-. The van der Waals surface area contributed by atoms with Crippen LogP contribution in [0.2, 0.25) is 0 Å². The number of nitrogens with one attached hydrogen (secondary N) is 2. The van der Waals surface area contributed by atoms with Gasteiger partial charge in [0.25, 0.3) is 0 Å². The van der Waals surface area contributed by atoms with Crippen molar-refractivity contribution >= 4 is 101 Å². The van der Waals surface area contributed by atoms with Gasteiger partial charge in [-0.2, -0.15) is 30.4 Å². The molecule has 326 valence electrons. The van der Waals surface area contributed by atoms with Gasteiger partial charge in [-0.05, 0) is 38.7 Å². The molecule has 2 aliphatic rings. The molecule has 0 bridgehead atoms. The SMILES string of the molecule is CCc1sc(N/N=C2\C(=O)N(c3nc(-c4ccc(CCc5nc(N/N=C6\C(=O)N(c7nc(-c8ccccc8)cs7)N=C6c6ccccc6)sc5C)cc4)cs3)N=C2c2ccccc2)nc1C. The molecular formula is C48H38N12O2S4. The zero-order chi connectivity index (χ0) is 45.1. The van der Waals surface area contributed by atoms with Crippen LogP contribution in [0, 0.1) is 13.8 Å². The van der Waals surface area contributed by atoms with Gasteiger partial charge in [0.1, 0.15) is 11.4 Å². The second-order valence-electron chi connectivity index (χ2n) is 15.0. The maximum atomic E-state index is 13.9. The van der Waals surface area contributed by atoms with Crippen molar-refractivity contribution in [3.8, 4) is 22.5 Å². The highest BCUT2D eigenvalue weighted by Crippen LogP contribution is 2.33. The molecule has 0 radical (unpaired) electrons. The summed E-state index contributed by atoms with van der Waals surface area (Å²) in [6.07, 6.45) is 2.33. The molecule has 6 heterocycles. The van der Waals surface area contributed by atoms with Gasteiger partial charge >= 0.3 is 11.8 Å². The number of anilines is 4. The highest BCUT2D eigenvalue weighted by Gasteiger charge is 2.37. The molecule has 18 heteroatoms. The fourth-order valence-corrected chi connectivity index (χ4v) is 10.5. The zero-order valence-electron chi connectivity index (χ0n) is 35.7. The van der Waals surface area contributed by atoms with Gasteiger partial charge in [-0.3, -0.25) is 20.4 Å². The third kappa shape index (κ3) is 8.73. The lowest BCUT2D eigenvalue weighted by Gasteiger charge is -2.06. The minimum atomic E-state index is -0.378. The Kier molecular flexibility index (Phi) is 12.0. The molecule has 2 amide bonds. The number of nitrogens with zero attached hydrogens (tertiary/aromatic N) is 10. The molecule has 4 aromatic carbocycles. The van der Waals surface area contributed by atoms with E-state index in [-0.39, 0.29) is 23.2 Å². The molecule has 0 fully saturated rings. The van der Waals surface area contributed by atoms with Crippen LogP contribution in [0.25, 0.3) is 22.5 Å². The van der Waals surface area contributed by atoms with E-state index in [4.69, 9.17) is 25.2 Å². The first-order chi connectivity index (χ1) is 32.3. The van der Waals surface area contributed by atoms with Crippen LogP contribution in [0.1, 0.15) is 44.8 Å². The van der Waals surface area contributed by atoms with Crippen LogP contribution < -0.4 is 20.9 Å². The monoisotopic (exact) mass is 942 g/mol. The van der Waals surface area contributed by atoms with Crippen molar-refractivity contribution in [3.63, 3.8) is 0 Å². The smallest absolute Gasteiger partial charge is 0.265 e. The lowest BCUT2D eigenvalue weighted by molar-refractivity contribution is -0.112. The Morgan fingerprint density at radius 3 is 1.55 bits per heavy atom. The van der Waals surface area contributed by atoms with Gasteiger partial charge in [0.2, 0.25) is 20.5 Å². The second kappa shape index (κ2) is 18.6. The Labute approximate surface area is 395 Å². The normalized spacial score (nSPS) is 15.0. The van der Waals surface area contributed by atoms with Gasteiger partial charge in [0.05, 0.1) is 22.8 Å². The number of aromatic nitrogens is 4. The molecule has 2 N–H and O–H groups in total. The molecule has 14 nitrogen and oxygen atoms in total. The van der Waals surface area contributed by atoms with Crippen LogP contribution in [0.3, 0.4) is 0 Å². The van der Waals surface area contributed by atoms with Crippen LogP contribution in [-0.4, -0.2) is 54.6 Å². The van der Waals surface area contributed by atoms with E-state index in [9.17, 15) is 9.59 Å².